The summed E-state index contributed by atoms with van der Waals surface area (Å²) >= 11 is 0. The minimum Gasteiger partial charge on any atom is -0.449 e. The van der Waals surface area contributed by atoms with E-state index in [4.69, 9.17) is 4.74 Å². The lowest BCUT2D eigenvalue weighted by atomic mass is 10.1. The molecule has 0 radical (unpaired) electrons. The molecule has 2 aromatic rings. The van der Waals surface area contributed by atoms with E-state index in [9.17, 15) is 23.2 Å². The van der Waals surface area contributed by atoms with Gasteiger partial charge in [-0.1, -0.05) is 12.1 Å². The fourth-order valence-corrected chi connectivity index (χ4v) is 2.14. The van der Waals surface area contributed by atoms with Gasteiger partial charge in [0.2, 0.25) is 0 Å². The Kier molecular flexibility index (Phi) is 6.59. The van der Waals surface area contributed by atoms with Gasteiger partial charge in [-0.15, -0.1) is 0 Å². The van der Waals surface area contributed by atoms with Crippen LogP contribution in [0.15, 0.2) is 48.5 Å². The van der Waals surface area contributed by atoms with E-state index in [-0.39, 0.29) is 17.1 Å². The summed E-state index contributed by atoms with van der Waals surface area (Å²) in [5.74, 6) is -2.04. The zero-order valence-electron chi connectivity index (χ0n) is 14.6. The number of Topliss-reactive ketones (excluding diaryl/α,β-unsaturated/α-hetero) is 1. The lowest BCUT2D eigenvalue weighted by Gasteiger charge is -2.15. The van der Waals surface area contributed by atoms with Gasteiger partial charge >= 0.3 is 12.6 Å². The van der Waals surface area contributed by atoms with Gasteiger partial charge in [0.25, 0.3) is 5.91 Å². The smallest absolute Gasteiger partial charge is 0.387 e. The fraction of sp³-hybridized carbons (Fsp3) is 0.211. The van der Waals surface area contributed by atoms with E-state index < -0.39 is 24.6 Å². The summed E-state index contributed by atoms with van der Waals surface area (Å²) in [5, 5.41) is 2.53. The van der Waals surface area contributed by atoms with E-state index >= 15 is 0 Å². The molecule has 0 bridgehead atoms. The molecule has 0 saturated heterocycles. The second kappa shape index (κ2) is 8.88. The molecule has 2 aromatic carbocycles. The van der Waals surface area contributed by atoms with Gasteiger partial charge in [-0.2, -0.15) is 8.78 Å². The first kappa shape index (κ1) is 20.0. The van der Waals surface area contributed by atoms with Crippen LogP contribution in [0.4, 0.5) is 14.5 Å². The first-order chi connectivity index (χ1) is 12.8. The van der Waals surface area contributed by atoms with Crippen LogP contribution >= 0.6 is 0 Å². The highest BCUT2D eigenvalue weighted by Gasteiger charge is 2.22. The van der Waals surface area contributed by atoms with Crippen molar-refractivity contribution < 1.29 is 32.6 Å². The second-order valence-corrected chi connectivity index (χ2v) is 5.54. The van der Waals surface area contributed by atoms with E-state index in [0.717, 1.165) is 0 Å². The largest absolute Gasteiger partial charge is 0.449 e. The van der Waals surface area contributed by atoms with E-state index in [1.54, 1.807) is 12.1 Å². The predicted octanol–water partition coefficient (Wildman–Crippen LogP) is 3.67. The number of hydrogen-bond donors (Lipinski definition) is 1. The second-order valence-electron chi connectivity index (χ2n) is 5.54. The van der Waals surface area contributed by atoms with Crippen LogP contribution in [0.3, 0.4) is 0 Å². The van der Waals surface area contributed by atoms with Crippen molar-refractivity contribution in [3.8, 4) is 5.75 Å². The van der Waals surface area contributed by atoms with Crippen molar-refractivity contribution >= 4 is 23.3 Å². The number of carbonyl (C=O) groups is 3. The van der Waals surface area contributed by atoms with Crippen LogP contribution in [0.5, 0.6) is 5.75 Å². The maximum Gasteiger partial charge on any atom is 0.387 e. The van der Waals surface area contributed by atoms with Crippen molar-refractivity contribution in [1.29, 1.82) is 0 Å². The Morgan fingerprint density at radius 1 is 1.00 bits per heavy atom. The van der Waals surface area contributed by atoms with Gasteiger partial charge in [0.1, 0.15) is 11.3 Å². The summed E-state index contributed by atoms with van der Waals surface area (Å²) in [6.07, 6.45) is -1.19. The quantitative estimate of drug-likeness (QED) is 0.588. The van der Waals surface area contributed by atoms with Crippen LogP contribution < -0.4 is 10.1 Å². The molecule has 0 aliphatic carbocycles. The number of ketones is 1. The van der Waals surface area contributed by atoms with E-state index in [1.165, 1.54) is 50.2 Å². The number of halogens is 2. The molecule has 1 N–H and O–H groups in total. The maximum atomic E-state index is 12.4. The maximum absolute atomic E-state index is 12.4. The van der Waals surface area contributed by atoms with Gasteiger partial charge in [0.05, 0.1) is 0 Å². The van der Waals surface area contributed by atoms with E-state index in [1.807, 2.05) is 0 Å². The van der Waals surface area contributed by atoms with Crippen molar-refractivity contribution in [2.24, 2.45) is 0 Å². The number of para-hydroxylation sites is 1. The Labute approximate surface area is 154 Å². The van der Waals surface area contributed by atoms with Crippen molar-refractivity contribution in [2.45, 2.75) is 26.6 Å². The van der Waals surface area contributed by atoms with Gasteiger partial charge in [-0.25, -0.2) is 4.79 Å². The zero-order chi connectivity index (χ0) is 20.0. The van der Waals surface area contributed by atoms with Crippen LogP contribution in [0, 0.1) is 0 Å². The number of benzene rings is 2. The molecule has 1 amide bonds. The third kappa shape index (κ3) is 5.60. The highest BCUT2D eigenvalue weighted by molar-refractivity contribution is 5.99. The number of esters is 1. The minimum absolute atomic E-state index is 0.111. The topological polar surface area (TPSA) is 81.7 Å². The number of ether oxygens (including phenoxy) is 2. The Hall–Kier alpha value is -3.29. The molecule has 0 spiro atoms. The molecular weight excluding hydrogens is 360 g/mol. The summed E-state index contributed by atoms with van der Waals surface area (Å²) in [4.78, 5) is 35.6. The minimum atomic E-state index is -3.10. The summed E-state index contributed by atoms with van der Waals surface area (Å²) < 4.78 is 34.1. The molecule has 0 heterocycles. The van der Waals surface area contributed by atoms with Crippen LogP contribution in [0.25, 0.3) is 0 Å². The van der Waals surface area contributed by atoms with Crippen molar-refractivity contribution in [3.63, 3.8) is 0 Å². The lowest BCUT2D eigenvalue weighted by Crippen LogP contribution is -2.30. The number of amides is 1. The summed E-state index contributed by atoms with van der Waals surface area (Å²) in [6, 6.07) is 11.5. The fourth-order valence-electron chi connectivity index (χ4n) is 2.14. The number of nitrogens with one attached hydrogen (secondary N) is 1. The standard InChI is InChI=1S/C19H17F2NO5/c1-11(23)13-7-9-14(10-8-13)22-17(24)12(2)26-18(25)15-5-3-4-6-16(15)27-19(20)21/h3-10,12,19H,1-2H3,(H,22,24)/t12-/m0/s1. The Bertz CT molecular complexity index is 836. The van der Waals surface area contributed by atoms with E-state index in [2.05, 4.69) is 10.1 Å². The van der Waals surface area contributed by atoms with Crippen LogP contribution in [0.1, 0.15) is 34.6 Å². The highest BCUT2D eigenvalue weighted by Crippen LogP contribution is 2.21. The molecule has 0 fully saturated rings. The molecule has 0 saturated carbocycles. The highest BCUT2D eigenvalue weighted by atomic mass is 19.3. The molecule has 0 unspecified atom stereocenters. The third-order valence-electron chi connectivity index (χ3n) is 3.54. The molecule has 6 nitrogen and oxygen atoms in total. The number of alkyl halides is 2. The molecule has 2 rings (SSSR count). The Morgan fingerprint density at radius 2 is 1.63 bits per heavy atom. The molecule has 0 aromatic heterocycles. The van der Waals surface area contributed by atoms with Gasteiger partial charge < -0.3 is 14.8 Å². The van der Waals surface area contributed by atoms with E-state index in [0.29, 0.717) is 11.3 Å². The van der Waals surface area contributed by atoms with Gasteiger partial charge in [-0.05, 0) is 50.2 Å². The number of hydrogen-bond acceptors (Lipinski definition) is 5. The Balaban J connectivity index is 2.01. The molecule has 0 aliphatic heterocycles. The molecule has 27 heavy (non-hydrogen) atoms. The molecule has 142 valence electrons. The van der Waals surface area contributed by atoms with Crippen molar-refractivity contribution in [1.82, 2.24) is 0 Å². The predicted molar refractivity (Wildman–Crippen MR) is 93.0 cm³/mol. The number of carbonyl (C=O) groups excluding carboxylic acids is 3. The first-order valence-electron chi connectivity index (χ1n) is 7.94. The summed E-state index contributed by atoms with van der Waals surface area (Å²) in [7, 11) is 0. The van der Waals surface area contributed by atoms with Crippen molar-refractivity contribution in [2.75, 3.05) is 5.32 Å². The molecule has 8 heteroatoms. The SMILES string of the molecule is CC(=O)c1ccc(NC(=O)[C@H](C)OC(=O)c2ccccc2OC(F)F)cc1. The van der Waals surface area contributed by atoms with Gasteiger partial charge in [-0.3, -0.25) is 9.59 Å². The van der Waals surface area contributed by atoms with Gasteiger partial charge in [0.15, 0.2) is 11.9 Å². The molecule has 1 atom stereocenters. The third-order valence-corrected chi connectivity index (χ3v) is 3.54. The lowest BCUT2D eigenvalue weighted by molar-refractivity contribution is -0.123. The molecular formula is C19H17F2NO5. The van der Waals surface area contributed by atoms with Crippen molar-refractivity contribution in [3.05, 3.63) is 59.7 Å². The van der Waals surface area contributed by atoms with Crippen LogP contribution in [-0.2, 0) is 9.53 Å². The Morgan fingerprint density at radius 3 is 2.22 bits per heavy atom. The first-order valence-corrected chi connectivity index (χ1v) is 7.94. The monoisotopic (exact) mass is 377 g/mol. The number of rotatable bonds is 7. The van der Waals surface area contributed by atoms with Crippen LogP contribution in [-0.4, -0.2) is 30.4 Å². The summed E-state index contributed by atoms with van der Waals surface area (Å²) in [6.45, 7) is -0.337. The summed E-state index contributed by atoms with van der Waals surface area (Å²) in [5.41, 5.74) is 0.681. The van der Waals surface area contributed by atoms with Crippen LogP contribution in [0.2, 0.25) is 0 Å². The number of anilines is 1. The average molecular weight is 377 g/mol. The normalized spacial score (nSPS) is 11.6. The average Bonchev–Trinajstić information content (AvgIpc) is 2.61. The van der Waals surface area contributed by atoms with Gasteiger partial charge in [0, 0.05) is 11.3 Å². The molecule has 0 aliphatic rings. The zero-order valence-corrected chi connectivity index (χ0v) is 14.6.